The van der Waals surface area contributed by atoms with Gasteiger partial charge in [0.1, 0.15) is 6.10 Å². The summed E-state index contributed by atoms with van der Waals surface area (Å²) in [5.41, 5.74) is 1.78. The van der Waals surface area contributed by atoms with Crippen molar-refractivity contribution in [3.05, 3.63) is 54.7 Å². The predicted molar refractivity (Wildman–Crippen MR) is 72.5 cm³/mol. The van der Waals surface area contributed by atoms with Gasteiger partial charge in [-0.05, 0) is 68.7 Å². The zero-order valence-electron chi connectivity index (χ0n) is 7.65. The maximum atomic E-state index is 10.1. The number of benzene rings is 1. The second-order valence-corrected chi connectivity index (χ2v) is 5.50. The Morgan fingerprint density at radius 1 is 1.33 bits per heavy atom. The van der Waals surface area contributed by atoms with E-state index in [1.54, 1.807) is 11.3 Å². The van der Waals surface area contributed by atoms with Crippen molar-refractivity contribution in [3.63, 3.8) is 0 Å². The highest BCUT2D eigenvalue weighted by Crippen LogP contribution is 2.29. The monoisotopic (exact) mass is 350 g/mol. The zero-order chi connectivity index (χ0) is 10.8. The lowest BCUT2D eigenvalue weighted by molar-refractivity contribution is 0.220. The Morgan fingerprint density at radius 2 is 2.13 bits per heavy atom. The van der Waals surface area contributed by atoms with Crippen molar-refractivity contribution >= 4 is 45.5 Å². The number of thiophene rings is 1. The molecular formula is C11H8ClIOS. The van der Waals surface area contributed by atoms with Gasteiger partial charge in [0, 0.05) is 8.59 Å². The first-order chi connectivity index (χ1) is 7.18. The van der Waals surface area contributed by atoms with E-state index in [1.165, 1.54) is 0 Å². The third-order valence-electron chi connectivity index (χ3n) is 2.11. The number of aliphatic hydroxyl groups is 1. The fourth-order valence-corrected chi connectivity index (χ4v) is 2.82. The molecule has 1 unspecified atom stereocenters. The molecule has 1 aromatic heterocycles. The van der Waals surface area contributed by atoms with Gasteiger partial charge in [0.15, 0.2) is 0 Å². The van der Waals surface area contributed by atoms with Crippen LogP contribution in [0.15, 0.2) is 35.0 Å². The van der Waals surface area contributed by atoms with Gasteiger partial charge in [0.05, 0.1) is 0 Å². The molecule has 4 heteroatoms. The van der Waals surface area contributed by atoms with E-state index in [-0.39, 0.29) is 0 Å². The zero-order valence-corrected chi connectivity index (χ0v) is 11.4. The van der Waals surface area contributed by atoms with Gasteiger partial charge in [-0.15, -0.1) is 0 Å². The topological polar surface area (TPSA) is 20.2 Å². The molecule has 0 saturated heterocycles. The molecule has 0 aliphatic carbocycles. The highest BCUT2D eigenvalue weighted by molar-refractivity contribution is 14.1. The first kappa shape index (κ1) is 11.4. The fourth-order valence-electron chi connectivity index (χ4n) is 1.33. The summed E-state index contributed by atoms with van der Waals surface area (Å²) in [7, 11) is 0. The molecule has 1 nitrogen and oxygen atoms in total. The SMILES string of the molecule is OC(c1ccsc1)c1cc(Cl)ccc1I. The highest BCUT2D eigenvalue weighted by Gasteiger charge is 2.14. The van der Waals surface area contributed by atoms with Crippen LogP contribution >= 0.6 is 45.5 Å². The summed E-state index contributed by atoms with van der Waals surface area (Å²) in [5, 5.41) is 14.7. The minimum absolute atomic E-state index is 0.582. The van der Waals surface area contributed by atoms with Crippen LogP contribution in [0.4, 0.5) is 0 Å². The van der Waals surface area contributed by atoms with Crippen LogP contribution in [0.5, 0.6) is 0 Å². The van der Waals surface area contributed by atoms with Crippen molar-refractivity contribution in [1.82, 2.24) is 0 Å². The highest BCUT2D eigenvalue weighted by atomic mass is 127. The van der Waals surface area contributed by atoms with E-state index in [0.717, 1.165) is 14.7 Å². The molecule has 0 saturated carbocycles. The maximum Gasteiger partial charge on any atom is 0.106 e. The molecule has 78 valence electrons. The molecule has 1 atom stereocenters. The van der Waals surface area contributed by atoms with E-state index < -0.39 is 6.10 Å². The smallest absolute Gasteiger partial charge is 0.106 e. The Kier molecular flexibility index (Phi) is 3.66. The number of hydrogen-bond acceptors (Lipinski definition) is 2. The Bertz CT molecular complexity index is 456. The summed E-state index contributed by atoms with van der Waals surface area (Å²) >= 11 is 9.69. The van der Waals surface area contributed by atoms with Gasteiger partial charge in [-0.25, -0.2) is 0 Å². The van der Waals surface area contributed by atoms with Crippen LogP contribution in [0.1, 0.15) is 17.2 Å². The van der Waals surface area contributed by atoms with Gasteiger partial charge in [-0.2, -0.15) is 11.3 Å². The largest absolute Gasteiger partial charge is 0.384 e. The van der Waals surface area contributed by atoms with Crippen molar-refractivity contribution in [2.24, 2.45) is 0 Å². The molecule has 0 amide bonds. The van der Waals surface area contributed by atoms with Crippen LogP contribution in [0.25, 0.3) is 0 Å². The summed E-state index contributed by atoms with van der Waals surface area (Å²) in [6, 6.07) is 7.47. The van der Waals surface area contributed by atoms with Gasteiger partial charge in [-0.1, -0.05) is 11.6 Å². The number of aliphatic hydroxyl groups excluding tert-OH is 1. The maximum absolute atomic E-state index is 10.1. The van der Waals surface area contributed by atoms with Gasteiger partial charge in [-0.3, -0.25) is 0 Å². The molecule has 0 spiro atoms. The molecule has 0 fully saturated rings. The minimum Gasteiger partial charge on any atom is -0.384 e. The van der Waals surface area contributed by atoms with E-state index >= 15 is 0 Å². The van der Waals surface area contributed by atoms with Crippen LogP contribution in [0.3, 0.4) is 0 Å². The summed E-state index contributed by atoms with van der Waals surface area (Å²) in [6.07, 6.45) is -0.582. The predicted octanol–water partition coefficient (Wildman–Crippen LogP) is 4.09. The normalized spacial score (nSPS) is 12.7. The van der Waals surface area contributed by atoms with E-state index in [4.69, 9.17) is 11.6 Å². The summed E-state index contributed by atoms with van der Waals surface area (Å²) in [5.74, 6) is 0. The Labute approximate surface area is 111 Å². The third kappa shape index (κ3) is 2.53. The molecule has 1 aromatic carbocycles. The Balaban J connectivity index is 2.41. The molecular weight excluding hydrogens is 343 g/mol. The van der Waals surface area contributed by atoms with Crippen LogP contribution in [-0.4, -0.2) is 5.11 Å². The van der Waals surface area contributed by atoms with Crippen LogP contribution in [0, 0.1) is 3.57 Å². The third-order valence-corrected chi connectivity index (χ3v) is 4.03. The molecule has 0 bridgehead atoms. The van der Waals surface area contributed by atoms with Crippen LogP contribution < -0.4 is 0 Å². The second-order valence-electron chi connectivity index (χ2n) is 3.13. The van der Waals surface area contributed by atoms with Gasteiger partial charge in [0.25, 0.3) is 0 Å². The average Bonchev–Trinajstić information content (AvgIpc) is 2.74. The first-order valence-corrected chi connectivity index (χ1v) is 6.73. The summed E-state index contributed by atoms with van der Waals surface area (Å²) in [4.78, 5) is 0. The van der Waals surface area contributed by atoms with Crippen molar-refractivity contribution in [3.8, 4) is 0 Å². The quantitative estimate of drug-likeness (QED) is 0.809. The van der Waals surface area contributed by atoms with Gasteiger partial charge >= 0.3 is 0 Å². The average molecular weight is 351 g/mol. The van der Waals surface area contributed by atoms with Crippen LogP contribution in [-0.2, 0) is 0 Å². The molecule has 1 heterocycles. The number of rotatable bonds is 2. The van der Waals surface area contributed by atoms with Crippen LogP contribution in [0.2, 0.25) is 5.02 Å². The van der Waals surface area contributed by atoms with Gasteiger partial charge in [0.2, 0.25) is 0 Å². The first-order valence-electron chi connectivity index (χ1n) is 4.33. The lowest BCUT2D eigenvalue weighted by Gasteiger charge is -2.11. The second kappa shape index (κ2) is 4.82. The van der Waals surface area contributed by atoms with Crippen molar-refractivity contribution in [1.29, 1.82) is 0 Å². The molecule has 2 aromatic rings. The molecule has 2 rings (SSSR count). The van der Waals surface area contributed by atoms with Gasteiger partial charge < -0.3 is 5.11 Å². The summed E-state index contributed by atoms with van der Waals surface area (Å²) < 4.78 is 1.02. The Hall–Kier alpha value is -0.100. The van der Waals surface area contributed by atoms with E-state index in [0.29, 0.717) is 5.02 Å². The standard InChI is InChI=1S/C11H8ClIOS/c12-8-1-2-10(13)9(5-8)11(14)7-3-4-15-6-7/h1-6,11,14H. The lowest BCUT2D eigenvalue weighted by Crippen LogP contribution is -2.00. The number of hydrogen-bond donors (Lipinski definition) is 1. The molecule has 0 radical (unpaired) electrons. The van der Waals surface area contributed by atoms with Crippen molar-refractivity contribution < 1.29 is 5.11 Å². The molecule has 0 aliphatic heterocycles. The number of halogens is 2. The van der Waals surface area contributed by atoms with E-state index in [2.05, 4.69) is 22.6 Å². The Morgan fingerprint density at radius 3 is 2.80 bits per heavy atom. The fraction of sp³-hybridized carbons (Fsp3) is 0.0909. The van der Waals surface area contributed by atoms with E-state index in [1.807, 2.05) is 35.0 Å². The van der Waals surface area contributed by atoms with Crippen molar-refractivity contribution in [2.75, 3.05) is 0 Å². The molecule has 15 heavy (non-hydrogen) atoms. The lowest BCUT2D eigenvalue weighted by atomic mass is 10.0. The van der Waals surface area contributed by atoms with E-state index in [9.17, 15) is 5.11 Å². The molecule has 1 N–H and O–H groups in total. The van der Waals surface area contributed by atoms with Crippen molar-refractivity contribution in [2.45, 2.75) is 6.10 Å². The summed E-state index contributed by atoms with van der Waals surface area (Å²) in [6.45, 7) is 0. The minimum atomic E-state index is -0.582. The molecule has 0 aliphatic rings.